The summed E-state index contributed by atoms with van der Waals surface area (Å²) in [4.78, 5) is 46.7. The second-order valence-electron chi connectivity index (χ2n) is 11.7. The van der Waals surface area contributed by atoms with Crippen molar-refractivity contribution < 1.29 is 33.3 Å². The van der Waals surface area contributed by atoms with Crippen LogP contribution < -0.4 is 24.3 Å². The van der Waals surface area contributed by atoms with Crippen molar-refractivity contribution in [2.45, 2.75) is 19.6 Å². The Bertz CT molecular complexity index is 2090. The number of nitrogens with zero attached hydrogens (tertiary/aromatic N) is 2. The van der Waals surface area contributed by atoms with Crippen LogP contribution in [0.3, 0.4) is 0 Å². The van der Waals surface area contributed by atoms with Crippen molar-refractivity contribution >= 4 is 40.7 Å². The van der Waals surface area contributed by atoms with Gasteiger partial charge in [0.1, 0.15) is 12.2 Å². The lowest BCUT2D eigenvalue weighted by Crippen LogP contribution is -2.42. The van der Waals surface area contributed by atoms with Crippen LogP contribution in [0.25, 0.3) is 6.08 Å². The number of hydrogen-bond acceptors (Lipinski definition) is 8. The van der Waals surface area contributed by atoms with Crippen molar-refractivity contribution in [2.24, 2.45) is 4.99 Å². The van der Waals surface area contributed by atoms with Gasteiger partial charge in [-0.1, -0.05) is 109 Å². The molecule has 2 heterocycles. The first-order valence-electron chi connectivity index (χ1n) is 16.7. The molecule has 10 nitrogen and oxygen atoms in total. The molecule has 0 aromatic heterocycles. The minimum atomic E-state index is -0.731. The summed E-state index contributed by atoms with van der Waals surface area (Å²) in [7, 11) is 1.51. The maximum absolute atomic E-state index is 14.1. The van der Waals surface area contributed by atoms with Crippen LogP contribution in [0.5, 0.6) is 23.0 Å². The van der Waals surface area contributed by atoms with E-state index in [1.807, 2.05) is 78.9 Å². The van der Waals surface area contributed by atoms with Gasteiger partial charge >= 0.3 is 0 Å². The lowest BCUT2D eigenvalue weighted by atomic mass is 9.99. The lowest BCUT2D eigenvalue weighted by Gasteiger charge is -2.28. The molecule has 0 saturated heterocycles. The number of carbonyl (C=O) groups is 3. The smallest absolute Gasteiger partial charge is 0.285 e. The minimum absolute atomic E-state index is 0.0786. The van der Waals surface area contributed by atoms with Gasteiger partial charge in [-0.05, 0) is 65.6 Å². The number of hydrogen-bond donors (Lipinski definition) is 1. The summed E-state index contributed by atoms with van der Waals surface area (Å²) in [5, 5.41) is 3.18. The van der Waals surface area contributed by atoms with Gasteiger partial charge in [0.25, 0.3) is 11.8 Å². The first-order chi connectivity index (χ1) is 25.9. The third-order valence-electron chi connectivity index (χ3n) is 8.24. The SMILES string of the molecule is C=C/C=C\C(=C/C)N1C(=O)/C(=C/c2ccc(OCc3ccc4c(c3)OCO4)c(OC)c2)C(=O)N=C1SCC(=O)NC(c1ccccc1)c1ccccc1. The Kier molecular flexibility index (Phi) is 11.9. The fraction of sp³-hybridized carbons (Fsp3) is 0.143. The number of rotatable bonds is 13. The molecule has 0 fully saturated rings. The van der Waals surface area contributed by atoms with E-state index in [1.54, 1.807) is 49.4 Å². The highest BCUT2D eigenvalue weighted by Crippen LogP contribution is 2.35. The second-order valence-corrected chi connectivity index (χ2v) is 12.6. The van der Waals surface area contributed by atoms with Gasteiger partial charge < -0.3 is 24.3 Å². The summed E-state index contributed by atoms with van der Waals surface area (Å²) in [6.45, 7) is 5.93. The van der Waals surface area contributed by atoms with Crippen molar-refractivity contribution in [3.05, 3.63) is 161 Å². The van der Waals surface area contributed by atoms with Gasteiger partial charge in [0.15, 0.2) is 28.2 Å². The first-order valence-corrected chi connectivity index (χ1v) is 17.7. The summed E-state index contributed by atoms with van der Waals surface area (Å²) in [5.41, 5.74) is 3.53. The Morgan fingerprint density at radius 2 is 1.68 bits per heavy atom. The van der Waals surface area contributed by atoms with E-state index in [9.17, 15) is 14.4 Å². The van der Waals surface area contributed by atoms with Crippen molar-refractivity contribution in [1.82, 2.24) is 10.2 Å². The summed E-state index contributed by atoms with van der Waals surface area (Å²) in [5.74, 6) is 0.497. The molecule has 0 spiro atoms. The highest BCUT2D eigenvalue weighted by atomic mass is 32.2. The van der Waals surface area contributed by atoms with Crippen molar-refractivity contribution in [3.63, 3.8) is 0 Å². The maximum Gasteiger partial charge on any atom is 0.285 e. The van der Waals surface area contributed by atoms with E-state index in [1.165, 1.54) is 18.1 Å². The van der Waals surface area contributed by atoms with Crippen LogP contribution in [0.2, 0.25) is 0 Å². The molecule has 53 heavy (non-hydrogen) atoms. The van der Waals surface area contributed by atoms with Crippen LogP contribution in [-0.2, 0) is 21.0 Å². The number of allylic oxidation sites excluding steroid dienone is 4. The number of thioether (sulfide) groups is 1. The largest absolute Gasteiger partial charge is 0.493 e. The molecule has 0 aliphatic carbocycles. The van der Waals surface area contributed by atoms with Gasteiger partial charge in [0, 0.05) is 5.70 Å². The van der Waals surface area contributed by atoms with E-state index in [-0.39, 0.29) is 35.8 Å². The Hall–Kier alpha value is -6.33. The molecule has 3 amide bonds. The zero-order valence-corrected chi connectivity index (χ0v) is 30.0. The molecular formula is C42H37N3O7S. The van der Waals surface area contributed by atoms with Crippen LogP contribution >= 0.6 is 11.8 Å². The fourth-order valence-electron chi connectivity index (χ4n) is 5.64. The molecule has 1 N–H and O–H groups in total. The average molecular weight is 728 g/mol. The molecule has 2 aliphatic rings. The molecule has 0 saturated carbocycles. The number of carbonyl (C=O) groups excluding carboxylic acids is 3. The Balaban J connectivity index is 1.22. The van der Waals surface area contributed by atoms with Gasteiger partial charge in [-0.15, -0.1) is 0 Å². The summed E-state index contributed by atoms with van der Waals surface area (Å²) in [6.07, 6.45) is 8.12. The number of ether oxygens (including phenoxy) is 4. The van der Waals surface area contributed by atoms with E-state index in [4.69, 9.17) is 18.9 Å². The fourth-order valence-corrected chi connectivity index (χ4v) is 6.45. The minimum Gasteiger partial charge on any atom is -0.493 e. The Labute approximate surface area is 312 Å². The molecule has 0 atom stereocenters. The highest BCUT2D eigenvalue weighted by molar-refractivity contribution is 8.14. The normalized spacial score (nSPS) is 14.8. The average Bonchev–Trinajstić information content (AvgIpc) is 3.67. The van der Waals surface area contributed by atoms with Crippen LogP contribution in [-0.4, -0.2) is 47.4 Å². The molecule has 4 aromatic carbocycles. The maximum atomic E-state index is 14.1. The number of fused-ring (bicyclic) bond motifs is 1. The molecule has 0 unspecified atom stereocenters. The number of aliphatic imine (C=N–C) groups is 1. The van der Waals surface area contributed by atoms with Crippen molar-refractivity contribution in [3.8, 4) is 23.0 Å². The topological polar surface area (TPSA) is 116 Å². The standard InChI is InChI=1S/C42H37N3O7S/c1-4-6-17-32(5-2)45-41(48)33(22-28-18-20-34(36(23-28)49-3)50-25-29-19-21-35-37(24-29)52-27-51-35)40(47)44-42(45)53-26-38(46)43-39(30-13-9-7-10-14-30)31-15-11-8-12-16-31/h4-24,39H,1,25-27H2,2-3H3,(H,43,46)/b17-6-,32-5+,33-22+. The van der Waals surface area contributed by atoms with Crippen molar-refractivity contribution in [1.29, 1.82) is 0 Å². The highest BCUT2D eigenvalue weighted by Gasteiger charge is 2.35. The zero-order chi connectivity index (χ0) is 37.2. The quantitative estimate of drug-likeness (QED) is 0.0862. The molecule has 6 rings (SSSR count). The predicted octanol–water partition coefficient (Wildman–Crippen LogP) is 7.40. The molecule has 0 radical (unpaired) electrons. The van der Waals surface area contributed by atoms with Crippen LogP contribution in [0.4, 0.5) is 0 Å². The first kappa shape index (κ1) is 36.5. The molecule has 4 aromatic rings. The summed E-state index contributed by atoms with van der Waals surface area (Å²) in [6, 6.07) is 29.6. The third-order valence-corrected chi connectivity index (χ3v) is 9.18. The lowest BCUT2D eigenvalue weighted by molar-refractivity contribution is -0.126. The Morgan fingerprint density at radius 3 is 2.36 bits per heavy atom. The van der Waals surface area contributed by atoms with E-state index in [0.29, 0.717) is 34.3 Å². The number of nitrogens with one attached hydrogen (secondary N) is 1. The van der Waals surface area contributed by atoms with Crippen LogP contribution in [0.15, 0.2) is 144 Å². The number of amidine groups is 1. The van der Waals surface area contributed by atoms with Crippen LogP contribution in [0, 0.1) is 0 Å². The second kappa shape index (κ2) is 17.3. The van der Waals surface area contributed by atoms with Gasteiger partial charge in [0.2, 0.25) is 12.7 Å². The van der Waals surface area contributed by atoms with Gasteiger partial charge in [0.05, 0.1) is 18.9 Å². The zero-order valence-electron chi connectivity index (χ0n) is 29.2. The van der Waals surface area contributed by atoms with Crippen LogP contribution in [0.1, 0.15) is 35.2 Å². The summed E-state index contributed by atoms with van der Waals surface area (Å²) >= 11 is 1.00. The van der Waals surface area contributed by atoms with Gasteiger partial charge in [-0.2, -0.15) is 4.99 Å². The molecule has 268 valence electrons. The van der Waals surface area contributed by atoms with E-state index < -0.39 is 17.9 Å². The molecular weight excluding hydrogens is 691 g/mol. The van der Waals surface area contributed by atoms with Crippen molar-refractivity contribution in [2.75, 3.05) is 19.7 Å². The Morgan fingerprint density at radius 1 is 0.962 bits per heavy atom. The molecule has 11 heteroatoms. The van der Waals surface area contributed by atoms with E-state index >= 15 is 0 Å². The van der Waals surface area contributed by atoms with Gasteiger partial charge in [-0.25, -0.2) is 0 Å². The number of amides is 3. The molecule has 0 bridgehead atoms. The van der Waals surface area contributed by atoms with Gasteiger partial charge in [-0.3, -0.25) is 19.3 Å². The number of benzene rings is 4. The summed E-state index contributed by atoms with van der Waals surface area (Å²) < 4.78 is 22.5. The molecule has 2 aliphatic heterocycles. The van der Waals surface area contributed by atoms with E-state index in [2.05, 4.69) is 16.9 Å². The monoisotopic (exact) mass is 727 g/mol. The number of methoxy groups -OCH3 is 1. The third kappa shape index (κ3) is 8.77. The predicted molar refractivity (Wildman–Crippen MR) is 206 cm³/mol. The van der Waals surface area contributed by atoms with E-state index in [0.717, 1.165) is 28.5 Å².